The number of anilines is 1. The number of rotatable bonds is 1. The Hall–Kier alpha value is -1.69. The van der Waals surface area contributed by atoms with Crippen molar-refractivity contribution in [3.8, 4) is 0 Å². The minimum Gasteiger partial charge on any atom is -0.398 e. The molecule has 0 unspecified atom stereocenters. The van der Waals surface area contributed by atoms with Crippen LogP contribution in [0.5, 0.6) is 0 Å². The Morgan fingerprint density at radius 1 is 1.38 bits per heavy atom. The number of nitrogens with one attached hydrogen (secondary N) is 2. The lowest BCUT2D eigenvalue weighted by molar-refractivity contribution is 0.234. The summed E-state index contributed by atoms with van der Waals surface area (Å²) in [6.45, 7) is 0. The summed E-state index contributed by atoms with van der Waals surface area (Å²) in [6, 6.07) is 1.48. The number of nitrogen functional groups attached to an aromatic ring is 1. The summed E-state index contributed by atoms with van der Waals surface area (Å²) in [5, 5.41) is 15.4. The van der Waals surface area contributed by atoms with Crippen LogP contribution in [0.2, 0.25) is 0 Å². The maximum Gasteiger partial charge on any atom is 0.160 e. The Bertz CT molecular complexity index is 354. The first kappa shape index (κ1) is 9.40. The molecule has 0 bridgehead atoms. The van der Waals surface area contributed by atoms with Crippen LogP contribution in [0, 0.1) is 17.0 Å². The van der Waals surface area contributed by atoms with Gasteiger partial charge in [0.25, 0.3) is 0 Å². The third-order valence-electron chi connectivity index (χ3n) is 1.47. The van der Waals surface area contributed by atoms with Crippen LogP contribution in [0.25, 0.3) is 0 Å². The monoisotopic (exact) mass is 187 g/mol. The number of nitrogens with two attached hydrogens (primary N) is 1. The molecule has 0 saturated heterocycles. The summed E-state index contributed by atoms with van der Waals surface area (Å²) in [4.78, 5) is 0. The predicted octanol–water partition coefficient (Wildman–Crippen LogP) is 0.851. The number of hydrogen-bond acceptors (Lipinski definition) is 3. The van der Waals surface area contributed by atoms with Gasteiger partial charge in [-0.15, -0.1) is 0 Å². The van der Waals surface area contributed by atoms with Gasteiger partial charge < -0.3 is 5.73 Å². The maximum absolute atomic E-state index is 12.6. The normalized spacial score (nSPS) is 9.77. The fourth-order valence-electron chi connectivity index (χ4n) is 0.839. The number of hydrogen-bond donors (Lipinski definition) is 4. The average molecular weight is 187 g/mol. The zero-order chi connectivity index (χ0) is 10.0. The molecule has 0 amide bonds. The van der Waals surface area contributed by atoms with E-state index in [2.05, 4.69) is 0 Å². The van der Waals surface area contributed by atoms with Crippen molar-refractivity contribution in [2.45, 2.75) is 0 Å². The first-order chi connectivity index (χ1) is 6.06. The molecule has 6 heteroatoms. The van der Waals surface area contributed by atoms with Gasteiger partial charge in [-0.3, -0.25) is 16.1 Å². The largest absolute Gasteiger partial charge is 0.398 e. The minimum atomic E-state index is -1.12. The van der Waals surface area contributed by atoms with Crippen molar-refractivity contribution in [2.24, 2.45) is 0 Å². The lowest BCUT2D eigenvalue weighted by atomic mass is 10.1. The van der Waals surface area contributed by atoms with Crippen molar-refractivity contribution >= 4 is 11.5 Å². The SMILES string of the molecule is N=C(NO)c1cc(F)c(F)cc1N. The zero-order valence-electron chi connectivity index (χ0n) is 6.44. The van der Waals surface area contributed by atoms with Crippen LogP contribution >= 0.6 is 0 Å². The number of benzene rings is 1. The molecule has 0 aliphatic carbocycles. The summed E-state index contributed by atoms with van der Waals surface area (Å²) < 4.78 is 25.1. The topological polar surface area (TPSA) is 82.1 Å². The van der Waals surface area contributed by atoms with Crippen molar-refractivity contribution in [3.63, 3.8) is 0 Å². The number of halogens is 2. The molecule has 0 fully saturated rings. The highest BCUT2D eigenvalue weighted by Gasteiger charge is 2.10. The van der Waals surface area contributed by atoms with Crippen LogP contribution in [-0.4, -0.2) is 11.0 Å². The highest BCUT2D eigenvalue weighted by molar-refractivity contribution is 6.00. The van der Waals surface area contributed by atoms with Crippen LogP contribution < -0.4 is 11.2 Å². The molecule has 1 rings (SSSR count). The molecular weight excluding hydrogens is 180 g/mol. The van der Waals surface area contributed by atoms with Gasteiger partial charge in [-0.05, 0) is 6.07 Å². The lowest BCUT2D eigenvalue weighted by Gasteiger charge is -2.05. The Morgan fingerprint density at radius 2 is 1.92 bits per heavy atom. The quantitative estimate of drug-likeness (QED) is 0.228. The first-order valence-corrected chi connectivity index (χ1v) is 3.29. The maximum atomic E-state index is 12.6. The lowest BCUT2D eigenvalue weighted by Crippen LogP contribution is -2.20. The Balaban J connectivity index is 3.23. The van der Waals surface area contributed by atoms with Crippen LogP contribution in [0.15, 0.2) is 12.1 Å². The van der Waals surface area contributed by atoms with E-state index >= 15 is 0 Å². The standard InChI is InChI=1S/C7H7F2N3O/c8-4-1-3(7(11)12-13)6(10)2-5(4)9/h1-2,13H,10H2,(H2,11,12). The molecular formula is C7H7F2N3O. The molecule has 0 aromatic heterocycles. The predicted molar refractivity (Wildman–Crippen MR) is 42.5 cm³/mol. The van der Waals surface area contributed by atoms with E-state index in [0.29, 0.717) is 0 Å². The van der Waals surface area contributed by atoms with Gasteiger partial charge in [0.15, 0.2) is 17.5 Å². The molecule has 0 aliphatic heterocycles. The second-order valence-electron chi connectivity index (χ2n) is 2.34. The van der Waals surface area contributed by atoms with Crippen molar-refractivity contribution in [1.29, 1.82) is 5.41 Å². The summed E-state index contributed by atoms with van der Waals surface area (Å²) >= 11 is 0. The Kier molecular flexibility index (Phi) is 2.43. The first-order valence-electron chi connectivity index (χ1n) is 3.29. The summed E-state index contributed by atoms with van der Waals surface area (Å²) in [7, 11) is 0. The Morgan fingerprint density at radius 3 is 2.46 bits per heavy atom. The zero-order valence-corrected chi connectivity index (χ0v) is 6.44. The molecule has 5 N–H and O–H groups in total. The third kappa shape index (κ3) is 1.73. The van der Waals surface area contributed by atoms with Crippen molar-refractivity contribution < 1.29 is 14.0 Å². The van der Waals surface area contributed by atoms with E-state index in [9.17, 15) is 8.78 Å². The van der Waals surface area contributed by atoms with Gasteiger partial charge in [-0.2, -0.15) is 0 Å². The van der Waals surface area contributed by atoms with E-state index in [-0.39, 0.29) is 11.3 Å². The Labute approximate surface area is 72.5 Å². The molecule has 0 atom stereocenters. The number of hydroxylamine groups is 1. The summed E-state index contributed by atoms with van der Waals surface area (Å²) in [5.41, 5.74) is 6.54. The molecule has 13 heavy (non-hydrogen) atoms. The van der Waals surface area contributed by atoms with Gasteiger partial charge >= 0.3 is 0 Å². The highest BCUT2D eigenvalue weighted by Crippen LogP contribution is 2.16. The molecule has 0 radical (unpaired) electrons. The fraction of sp³-hybridized carbons (Fsp3) is 0. The molecule has 70 valence electrons. The second-order valence-corrected chi connectivity index (χ2v) is 2.34. The molecule has 4 nitrogen and oxygen atoms in total. The van der Waals surface area contributed by atoms with Gasteiger partial charge in [0.2, 0.25) is 0 Å². The second kappa shape index (κ2) is 3.36. The average Bonchev–Trinajstić information content (AvgIpc) is 2.10. The third-order valence-corrected chi connectivity index (χ3v) is 1.47. The summed E-state index contributed by atoms with van der Waals surface area (Å²) in [6.07, 6.45) is 0. The minimum absolute atomic E-state index is 0.0959. The van der Waals surface area contributed by atoms with Crippen molar-refractivity contribution in [1.82, 2.24) is 5.48 Å². The van der Waals surface area contributed by atoms with Gasteiger partial charge in [0.05, 0.1) is 0 Å². The van der Waals surface area contributed by atoms with Crippen LogP contribution in [0.3, 0.4) is 0 Å². The molecule has 1 aromatic rings. The van der Waals surface area contributed by atoms with Gasteiger partial charge in [-0.25, -0.2) is 8.78 Å². The van der Waals surface area contributed by atoms with Crippen LogP contribution in [0.4, 0.5) is 14.5 Å². The van der Waals surface area contributed by atoms with Crippen molar-refractivity contribution in [3.05, 3.63) is 29.3 Å². The summed E-state index contributed by atoms with van der Waals surface area (Å²) in [5.74, 6) is -2.70. The molecule has 0 saturated carbocycles. The van der Waals surface area contributed by atoms with Crippen LogP contribution in [-0.2, 0) is 0 Å². The van der Waals surface area contributed by atoms with E-state index in [1.165, 1.54) is 5.48 Å². The van der Waals surface area contributed by atoms with Gasteiger partial charge in [-0.1, -0.05) is 0 Å². The highest BCUT2D eigenvalue weighted by atomic mass is 19.2. The molecule has 0 aliphatic rings. The van der Waals surface area contributed by atoms with Gasteiger partial charge in [0.1, 0.15) is 0 Å². The van der Waals surface area contributed by atoms with E-state index in [1.807, 2.05) is 0 Å². The van der Waals surface area contributed by atoms with Crippen molar-refractivity contribution in [2.75, 3.05) is 5.73 Å². The van der Waals surface area contributed by atoms with E-state index in [1.54, 1.807) is 0 Å². The van der Waals surface area contributed by atoms with Crippen LogP contribution in [0.1, 0.15) is 5.56 Å². The smallest absolute Gasteiger partial charge is 0.160 e. The number of amidine groups is 1. The van der Waals surface area contributed by atoms with E-state index < -0.39 is 17.5 Å². The molecule has 1 aromatic carbocycles. The fourth-order valence-corrected chi connectivity index (χ4v) is 0.839. The molecule has 0 spiro atoms. The molecule has 0 heterocycles. The van der Waals surface area contributed by atoms with Gasteiger partial charge in [0, 0.05) is 17.3 Å². The van der Waals surface area contributed by atoms with E-state index in [0.717, 1.165) is 12.1 Å². The van der Waals surface area contributed by atoms with E-state index in [4.69, 9.17) is 16.4 Å².